The summed E-state index contributed by atoms with van der Waals surface area (Å²) in [5, 5.41) is 10.5. The highest BCUT2D eigenvalue weighted by molar-refractivity contribution is 5.49. The fourth-order valence-corrected chi connectivity index (χ4v) is 2.70. The fourth-order valence-electron chi connectivity index (χ4n) is 2.70. The lowest BCUT2D eigenvalue weighted by atomic mass is 9.86. The van der Waals surface area contributed by atoms with E-state index in [2.05, 4.69) is 20.2 Å². The molecule has 4 rings (SSSR count). The van der Waals surface area contributed by atoms with Crippen molar-refractivity contribution in [3.8, 4) is 0 Å². The number of rotatable bonds is 2. The average Bonchev–Trinajstić information content (AvgIpc) is 3.12. The van der Waals surface area contributed by atoms with E-state index in [1.54, 1.807) is 6.07 Å². The van der Waals surface area contributed by atoms with Crippen molar-refractivity contribution in [1.29, 1.82) is 0 Å². The molecule has 0 amide bonds. The lowest BCUT2D eigenvalue weighted by molar-refractivity contribution is 0.288. The Bertz CT molecular complexity index is 663. The summed E-state index contributed by atoms with van der Waals surface area (Å²) in [7, 11) is 0. The molecule has 0 radical (unpaired) electrons. The first-order valence-electron chi connectivity index (χ1n) is 6.14. The molecule has 1 aliphatic heterocycles. The van der Waals surface area contributed by atoms with Gasteiger partial charge in [0.1, 0.15) is 5.82 Å². The molecule has 7 nitrogen and oxygen atoms in total. The lowest BCUT2D eigenvalue weighted by Crippen LogP contribution is -2.69. The number of hydrogen-bond acceptors (Lipinski definition) is 5. The first-order chi connectivity index (χ1) is 8.66. The molecule has 2 aromatic rings. The van der Waals surface area contributed by atoms with Gasteiger partial charge in [0.05, 0.1) is 5.54 Å². The molecule has 3 heterocycles. The molecule has 1 aliphatic carbocycles. The second kappa shape index (κ2) is 3.11. The molecule has 94 valence electrons. The van der Waals surface area contributed by atoms with Crippen LogP contribution >= 0.6 is 0 Å². The normalized spacial score (nSPS) is 22.2. The van der Waals surface area contributed by atoms with Crippen molar-refractivity contribution >= 4 is 11.5 Å². The number of nitrogens with one attached hydrogen (secondary N) is 1. The van der Waals surface area contributed by atoms with Crippen LogP contribution in [0.4, 0.5) is 5.82 Å². The molecule has 1 saturated heterocycles. The highest BCUT2D eigenvalue weighted by Crippen LogP contribution is 2.43. The van der Waals surface area contributed by atoms with Crippen molar-refractivity contribution in [2.45, 2.75) is 18.4 Å². The van der Waals surface area contributed by atoms with Gasteiger partial charge in [-0.1, -0.05) is 0 Å². The Hall–Kier alpha value is -1.89. The average molecular weight is 246 g/mol. The summed E-state index contributed by atoms with van der Waals surface area (Å²) < 4.78 is 1.28. The van der Waals surface area contributed by atoms with Gasteiger partial charge in [-0.3, -0.25) is 0 Å². The van der Waals surface area contributed by atoms with Gasteiger partial charge in [0.2, 0.25) is 0 Å². The molecule has 3 N–H and O–H groups in total. The van der Waals surface area contributed by atoms with E-state index in [9.17, 15) is 4.79 Å². The molecule has 1 saturated carbocycles. The highest BCUT2D eigenvalue weighted by Gasteiger charge is 2.50. The maximum absolute atomic E-state index is 11.4. The Morgan fingerprint density at radius 1 is 1.39 bits per heavy atom. The summed E-state index contributed by atoms with van der Waals surface area (Å²) in [6.07, 6.45) is 2.50. The molecule has 0 spiro atoms. The molecule has 2 aromatic heterocycles. The van der Waals surface area contributed by atoms with Gasteiger partial charge in [-0.2, -0.15) is 9.61 Å². The fraction of sp³-hybridized carbons (Fsp3) is 0.545. The maximum atomic E-state index is 11.4. The van der Waals surface area contributed by atoms with Gasteiger partial charge in [-0.25, -0.2) is 9.89 Å². The number of nitrogens with zero attached hydrogens (tertiary/aromatic N) is 4. The Morgan fingerprint density at radius 3 is 2.89 bits per heavy atom. The van der Waals surface area contributed by atoms with Crippen LogP contribution in [0, 0.1) is 5.92 Å². The third-order valence-electron chi connectivity index (χ3n) is 3.94. The smallest absolute Gasteiger partial charge is 0.351 e. The minimum atomic E-state index is -0.312. The van der Waals surface area contributed by atoms with Crippen molar-refractivity contribution in [2.75, 3.05) is 18.0 Å². The number of nitrogens with two attached hydrogens (primary N) is 1. The van der Waals surface area contributed by atoms with Crippen LogP contribution in [-0.4, -0.2) is 38.4 Å². The SMILES string of the molecule is NC1(C2CC2)CN(c2ccc3n[nH]c(=O)n3n2)C1. The predicted molar refractivity (Wildman–Crippen MR) is 65.5 cm³/mol. The molecule has 2 aliphatic rings. The van der Waals surface area contributed by atoms with Crippen LogP contribution in [0.3, 0.4) is 0 Å². The van der Waals surface area contributed by atoms with E-state index in [4.69, 9.17) is 5.73 Å². The molecular formula is C11H14N6O. The monoisotopic (exact) mass is 246 g/mol. The van der Waals surface area contributed by atoms with E-state index < -0.39 is 0 Å². The van der Waals surface area contributed by atoms with Crippen LogP contribution in [0.2, 0.25) is 0 Å². The molecular weight excluding hydrogens is 232 g/mol. The predicted octanol–water partition coefficient (Wildman–Crippen LogP) is -0.655. The van der Waals surface area contributed by atoms with Gasteiger partial charge in [-0.05, 0) is 30.9 Å². The highest BCUT2D eigenvalue weighted by atomic mass is 16.2. The van der Waals surface area contributed by atoms with Crippen LogP contribution < -0.4 is 16.3 Å². The van der Waals surface area contributed by atoms with Crippen molar-refractivity contribution in [1.82, 2.24) is 19.8 Å². The third-order valence-corrected chi connectivity index (χ3v) is 3.94. The van der Waals surface area contributed by atoms with Crippen molar-refractivity contribution in [3.63, 3.8) is 0 Å². The van der Waals surface area contributed by atoms with Gasteiger partial charge < -0.3 is 10.6 Å². The van der Waals surface area contributed by atoms with Crippen LogP contribution in [0.1, 0.15) is 12.8 Å². The van der Waals surface area contributed by atoms with Gasteiger partial charge in [0.15, 0.2) is 5.65 Å². The zero-order valence-corrected chi connectivity index (χ0v) is 9.83. The summed E-state index contributed by atoms with van der Waals surface area (Å²) in [4.78, 5) is 13.6. The van der Waals surface area contributed by atoms with Gasteiger partial charge in [0.25, 0.3) is 0 Å². The Balaban J connectivity index is 1.64. The van der Waals surface area contributed by atoms with Crippen LogP contribution in [-0.2, 0) is 0 Å². The van der Waals surface area contributed by atoms with E-state index >= 15 is 0 Å². The molecule has 0 aromatic carbocycles. The van der Waals surface area contributed by atoms with Gasteiger partial charge in [-0.15, -0.1) is 5.10 Å². The molecule has 7 heteroatoms. The standard InChI is InChI=1S/C11H14N6O/c12-11(7-1-2-7)5-16(6-11)9-4-3-8-13-14-10(18)17(8)15-9/h3-4,7H,1-2,5-6,12H2,(H,14,18). The quantitative estimate of drug-likeness (QED) is 0.734. The number of aromatic nitrogens is 4. The molecule has 0 bridgehead atoms. The maximum Gasteiger partial charge on any atom is 0.364 e. The molecule has 0 unspecified atom stereocenters. The van der Waals surface area contributed by atoms with Crippen molar-refractivity contribution in [3.05, 3.63) is 22.6 Å². The Labute approximate surface area is 103 Å². The van der Waals surface area contributed by atoms with E-state index in [0.717, 1.165) is 18.9 Å². The minimum Gasteiger partial charge on any atom is -0.351 e. The number of H-pyrrole nitrogens is 1. The van der Waals surface area contributed by atoms with E-state index in [1.165, 1.54) is 17.4 Å². The van der Waals surface area contributed by atoms with E-state index in [1.807, 2.05) is 6.07 Å². The lowest BCUT2D eigenvalue weighted by Gasteiger charge is -2.48. The minimum absolute atomic E-state index is 0.0437. The summed E-state index contributed by atoms with van der Waals surface area (Å²) in [5.74, 6) is 1.46. The summed E-state index contributed by atoms with van der Waals surface area (Å²) >= 11 is 0. The van der Waals surface area contributed by atoms with Gasteiger partial charge in [0, 0.05) is 13.1 Å². The second-order valence-electron chi connectivity index (χ2n) is 5.35. The number of hydrogen-bond donors (Lipinski definition) is 2. The second-order valence-corrected chi connectivity index (χ2v) is 5.35. The third kappa shape index (κ3) is 1.30. The van der Waals surface area contributed by atoms with E-state index in [-0.39, 0.29) is 11.2 Å². The number of aromatic amines is 1. The van der Waals surface area contributed by atoms with E-state index in [0.29, 0.717) is 11.6 Å². The van der Waals surface area contributed by atoms with Gasteiger partial charge >= 0.3 is 5.69 Å². The van der Waals surface area contributed by atoms with Crippen LogP contribution in [0.15, 0.2) is 16.9 Å². The van der Waals surface area contributed by atoms with Crippen LogP contribution in [0.5, 0.6) is 0 Å². The van der Waals surface area contributed by atoms with Crippen molar-refractivity contribution < 1.29 is 0 Å². The summed E-state index contributed by atoms with van der Waals surface area (Å²) in [6, 6.07) is 3.66. The zero-order chi connectivity index (χ0) is 12.3. The number of anilines is 1. The topological polar surface area (TPSA) is 92.3 Å². The molecule has 2 fully saturated rings. The summed E-state index contributed by atoms with van der Waals surface area (Å²) in [6.45, 7) is 1.64. The molecule has 0 atom stereocenters. The molecule has 18 heavy (non-hydrogen) atoms. The first-order valence-corrected chi connectivity index (χ1v) is 6.14. The summed E-state index contributed by atoms with van der Waals surface area (Å²) in [5.41, 5.74) is 6.48. The Kier molecular flexibility index (Phi) is 1.74. The largest absolute Gasteiger partial charge is 0.364 e. The first kappa shape index (κ1) is 10.1. The van der Waals surface area contributed by atoms with Crippen LogP contribution in [0.25, 0.3) is 5.65 Å². The van der Waals surface area contributed by atoms with Crippen molar-refractivity contribution in [2.24, 2.45) is 11.7 Å². The number of fused-ring (bicyclic) bond motifs is 1. The Morgan fingerprint density at radius 2 is 2.17 bits per heavy atom. The zero-order valence-electron chi connectivity index (χ0n) is 9.83.